The second-order valence-electron chi connectivity index (χ2n) is 7.94. The third-order valence-electron chi connectivity index (χ3n) is 5.92. The van der Waals surface area contributed by atoms with Crippen molar-refractivity contribution in [1.29, 1.82) is 0 Å². The highest BCUT2D eigenvalue weighted by molar-refractivity contribution is 6.00. The van der Waals surface area contributed by atoms with Crippen LogP contribution in [0.15, 0.2) is 84.9 Å². The van der Waals surface area contributed by atoms with Crippen LogP contribution in [0.2, 0.25) is 0 Å². The first-order valence-electron chi connectivity index (χ1n) is 10.6. The Morgan fingerprint density at radius 1 is 0.806 bits per heavy atom. The molecule has 2 heterocycles. The molecule has 154 valence electrons. The molecule has 0 N–H and O–H groups in total. The maximum absolute atomic E-state index is 12.9. The Morgan fingerprint density at radius 2 is 1.45 bits per heavy atom. The number of amides is 1. The van der Waals surface area contributed by atoms with Gasteiger partial charge in [0.05, 0.1) is 0 Å². The molecule has 4 aromatic rings. The second-order valence-corrected chi connectivity index (χ2v) is 7.94. The summed E-state index contributed by atoms with van der Waals surface area (Å²) in [5, 5.41) is 11.4. The molecule has 1 aliphatic heterocycles. The second kappa shape index (κ2) is 8.19. The highest BCUT2D eigenvalue weighted by atomic mass is 16.2. The lowest BCUT2D eigenvalue weighted by molar-refractivity contribution is 0.0674. The van der Waals surface area contributed by atoms with E-state index in [4.69, 9.17) is 0 Å². The van der Waals surface area contributed by atoms with Crippen molar-refractivity contribution in [2.45, 2.75) is 13.0 Å². The van der Waals surface area contributed by atoms with E-state index in [1.54, 1.807) is 0 Å². The van der Waals surface area contributed by atoms with Crippen molar-refractivity contribution in [1.82, 2.24) is 15.1 Å². The van der Waals surface area contributed by atoms with Crippen LogP contribution in [0.25, 0.3) is 22.0 Å². The molecule has 1 atom stereocenters. The predicted octanol–water partition coefficient (Wildman–Crippen LogP) is 4.65. The summed E-state index contributed by atoms with van der Waals surface area (Å²) in [6, 6.07) is 28.0. The summed E-state index contributed by atoms with van der Waals surface area (Å²) >= 11 is 0. The number of carbonyl (C=O) groups excluding carboxylic acids is 1. The van der Waals surface area contributed by atoms with Gasteiger partial charge in [0.25, 0.3) is 5.91 Å². The molecule has 1 amide bonds. The molecule has 3 aromatic carbocycles. The number of anilines is 1. The Balaban J connectivity index is 1.44. The number of benzene rings is 3. The van der Waals surface area contributed by atoms with E-state index < -0.39 is 0 Å². The summed E-state index contributed by atoms with van der Waals surface area (Å²) in [4.78, 5) is 17.2. The number of aromatic nitrogens is 2. The lowest BCUT2D eigenvalue weighted by Gasteiger charge is -2.40. The van der Waals surface area contributed by atoms with Crippen LogP contribution in [0, 0.1) is 0 Å². The topological polar surface area (TPSA) is 49.3 Å². The fraction of sp³-hybridized carbons (Fsp3) is 0.192. The van der Waals surface area contributed by atoms with Crippen LogP contribution in [0.1, 0.15) is 17.3 Å². The van der Waals surface area contributed by atoms with E-state index in [0.717, 1.165) is 46.5 Å². The molecule has 5 heteroatoms. The van der Waals surface area contributed by atoms with Gasteiger partial charge < -0.3 is 9.80 Å². The molecule has 31 heavy (non-hydrogen) atoms. The largest absolute Gasteiger partial charge is 0.351 e. The zero-order valence-corrected chi connectivity index (χ0v) is 17.5. The highest BCUT2D eigenvalue weighted by Gasteiger charge is 2.29. The van der Waals surface area contributed by atoms with E-state index in [2.05, 4.69) is 46.3 Å². The fourth-order valence-corrected chi connectivity index (χ4v) is 4.33. The minimum absolute atomic E-state index is 0.0795. The predicted molar refractivity (Wildman–Crippen MR) is 124 cm³/mol. The first-order chi connectivity index (χ1) is 15.2. The van der Waals surface area contributed by atoms with Crippen LogP contribution in [0.3, 0.4) is 0 Å². The van der Waals surface area contributed by atoms with Crippen molar-refractivity contribution >= 4 is 22.5 Å². The summed E-state index contributed by atoms with van der Waals surface area (Å²) in [5.41, 5.74) is 2.69. The molecule has 0 bridgehead atoms. The van der Waals surface area contributed by atoms with Crippen LogP contribution in [0.4, 0.5) is 5.82 Å². The van der Waals surface area contributed by atoms with Crippen molar-refractivity contribution in [2.24, 2.45) is 0 Å². The van der Waals surface area contributed by atoms with E-state index in [0.29, 0.717) is 6.54 Å². The molecular formula is C26H24N4O. The maximum Gasteiger partial charge on any atom is 0.254 e. The van der Waals surface area contributed by atoms with Crippen molar-refractivity contribution < 1.29 is 4.79 Å². The lowest BCUT2D eigenvalue weighted by Crippen LogP contribution is -2.54. The Morgan fingerprint density at radius 3 is 2.16 bits per heavy atom. The summed E-state index contributed by atoms with van der Waals surface area (Å²) in [6.45, 7) is 4.21. The Bertz CT molecular complexity index is 1210. The number of hydrogen-bond donors (Lipinski definition) is 0. The van der Waals surface area contributed by atoms with Gasteiger partial charge in [0, 0.05) is 47.6 Å². The Kier molecular flexibility index (Phi) is 5.08. The molecule has 0 radical (unpaired) electrons. The van der Waals surface area contributed by atoms with Crippen LogP contribution in [-0.4, -0.2) is 46.7 Å². The van der Waals surface area contributed by atoms with Gasteiger partial charge in [0.1, 0.15) is 5.69 Å². The van der Waals surface area contributed by atoms with E-state index in [1.807, 2.05) is 65.6 Å². The van der Waals surface area contributed by atoms with E-state index in [9.17, 15) is 4.79 Å². The van der Waals surface area contributed by atoms with Crippen LogP contribution in [0.5, 0.6) is 0 Å². The molecular weight excluding hydrogens is 384 g/mol. The quantitative estimate of drug-likeness (QED) is 0.495. The average molecular weight is 409 g/mol. The summed E-state index contributed by atoms with van der Waals surface area (Å²) in [6.07, 6.45) is 0. The summed E-state index contributed by atoms with van der Waals surface area (Å²) < 4.78 is 0. The zero-order chi connectivity index (χ0) is 21.2. The van der Waals surface area contributed by atoms with Gasteiger partial charge in [-0.3, -0.25) is 4.79 Å². The highest BCUT2D eigenvalue weighted by Crippen LogP contribution is 2.32. The van der Waals surface area contributed by atoms with Gasteiger partial charge in [-0.05, 0) is 19.1 Å². The zero-order valence-electron chi connectivity index (χ0n) is 17.5. The van der Waals surface area contributed by atoms with Crippen molar-refractivity contribution in [2.75, 3.05) is 24.5 Å². The minimum Gasteiger partial charge on any atom is -0.351 e. The number of rotatable bonds is 3. The van der Waals surface area contributed by atoms with Gasteiger partial charge in [-0.1, -0.05) is 72.8 Å². The molecule has 0 unspecified atom stereocenters. The molecule has 5 nitrogen and oxygen atoms in total. The molecule has 1 aromatic heterocycles. The first-order valence-corrected chi connectivity index (χ1v) is 10.6. The number of piperazine rings is 1. The number of fused-ring (bicyclic) bond motifs is 1. The SMILES string of the molecule is C[C@@H]1CN(c2nnc(-c3ccccc3)c3ccccc23)CCN1C(=O)c1ccccc1. The van der Waals surface area contributed by atoms with Crippen molar-refractivity contribution in [3.05, 3.63) is 90.5 Å². The van der Waals surface area contributed by atoms with Gasteiger partial charge in [-0.2, -0.15) is 0 Å². The molecule has 0 aliphatic carbocycles. The molecule has 1 aliphatic rings. The Hall–Kier alpha value is -3.73. The van der Waals surface area contributed by atoms with Crippen LogP contribution >= 0.6 is 0 Å². The molecule has 0 spiro atoms. The monoisotopic (exact) mass is 408 g/mol. The number of hydrogen-bond acceptors (Lipinski definition) is 4. The van der Waals surface area contributed by atoms with Crippen LogP contribution < -0.4 is 4.90 Å². The van der Waals surface area contributed by atoms with Gasteiger partial charge in [-0.25, -0.2) is 0 Å². The van der Waals surface area contributed by atoms with Gasteiger partial charge >= 0.3 is 0 Å². The normalized spacial score (nSPS) is 16.5. The third kappa shape index (κ3) is 3.63. The van der Waals surface area contributed by atoms with E-state index in [-0.39, 0.29) is 11.9 Å². The minimum atomic E-state index is 0.0795. The van der Waals surface area contributed by atoms with Gasteiger partial charge in [-0.15, -0.1) is 10.2 Å². The number of nitrogens with zero attached hydrogens (tertiary/aromatic N) is 4. The first kappa shape index (κ1) is 19.2. The third-order valence-corrected chi connectivity index (χ3v) is 5.92. The average Bonchev–Trinajstić information content (AvgIpc) is 2.84. The van der Waals surface area contributed by atoms with Crippen molar-refractivity contribution in [3.63, 3.8) is 0 Å². The van der Waals surface area contributed by atoms with Gasteiger partial charge in [0.15, 0.2) is 5.82 Å². The van der Waals surface area contributed by atoms with E-state index in [1.165, 1.54) is 0 Å². The lowest BCUT2D eigenvalue weighted by atomic mass is 10.0. The van der Waals surface area contributed by atoms with Gasteiger partial charge in [0.2, 0.25) is 0 Å². The smallest absolute Gasteiger partial charge is 0.254 e. The summed E-state index contributed by atoms with van der Waals surface area (Å²) in [5.74, 6) is 0.969. The molecule has 1 fully saturated rings. The number of carbonyl (C=O) groups is 1. The fourth-order valence-electron chi connectivity index (χ4n) is 4.33. The van der Waals surface area contributed by atoms with Crippen LogP contribution in [-0.2, 0) is 0 Å². The maximum atomic E-state index is 12.9. The molecule has 5 rings (SSSR count). The van der Waals surface area contributed by atoms with E-state index >= 15 is 0 Å². The molecule has 1 saturated heterocycles. The Labute approximate surface area is 182 Å². The standard InChI is InChI=1S/C26H24N4O/c1-19-18-29(16-17-30(19)26(31)21-12-6-3-7-13-21)25-23-15-9-8-14-22(23)24(27-28-25)20-10-4-2-5-11-20/h2-15,19H,16-18H2,1H3/t19-/m1/s1. The van der Waals surface area contributed by atoms with Crippen molar-refractivity contribution in [3.8, 4) is 11.3 Å². The summed E-state index contributed by atoms with van der Waals surface area (Å²) in [7, 11) is 0. The molecule has 0 saturated carbocycles.